The standard InChI is InChI=1S/C8H15N3O2/c9-7(12)2-1-4-11-5-3-10-8(13)6-11/h1-6H2,(H2,9,12)(H,10,13). The van der Waals surface area contributed by atoms with Crippen LogP contribution in [0.2, 0.25) is 0 Å². The van der Waals surface area contributed by atoms with Gasteiger partial charge in [-0.15, -0.1) is 0 Å². The number of carbonyl (C=O) groups is 2. The highest BCUT2D eigenvalue weighted by atomic mass is 16.2. The van der Waals surface area contributed by atoms with Gasteiger partial charge >= 0.3 is 0 Å². The molecule has 5 nitrogen and oxygen atoms in total. The third-order valence-corrected chi connectivity index (χ3v) is 2.01. The minimum atomic E-state index is -0.276. The van der Waals surface area contributed by atoms with E-state index in [1.165, 1.54) is 0 Å². The lowest BCUT2D eigenvalue weighted by Crippen LogP contribution is -2.47. The zero-order valence-corrected chi connectivity index (χ0v) is 7.58. The zero-order chi connectivity index (χ0) is 9.68. The molecule has 1 rings (SSSR count). The number of nitrogens with two attached hydrogens (primary N) is 1. The predicted molar refractivity (Wildman–Crippen MR) is 47.9 cm³/mol. The van der Waals surface area contributed by atoms with Crippen molar-refractivity contribution in [1.29, 1.82) is 0 Å². The number of primary amides is 1. The number of piperazine rings is 1. The van der Waals surface area contributed by atoms with Crippen molar-refractivity contribution in [3.05, 3.63) is 0 Å². The van der Waals surface area contributed by atoms with Crippen molar-refractivity contribution in [2.45, 2.75) is 12.8 Å². The summed E-state index contributed by atoms with van der Waals surface area (Å²) in [5.41, 5.74) is 5.00. The molecule has 5 heteroatoms. The first-order valence-corrected chi connectivity index (χ1v) is 4.46. The molecule has 1 saturated heterocycles. The van der Waals surface area contributed by atoms with E-state index in [4.69, 9.17) is 5.73 Å². The SMILES string of the molecule is NC(=O)CCCN1CCNC(=O)C1. The molecule has 0 bridgehead atoms. The molecule has 1 fully saturated rings. The second kappa shape index (κ2) is 4.81. The van der Waals surface area contributed by atoms with Crippen LogP contribution in [0.4, 0.5) is 0 Å². The average molecular weight is 185 g/mol. The molecule has 0 aliphatic carbocycles. The van der Waals surface area contributed by atoms with E-state index in [0.717, 1.165) is 19.5 Å². The molecule has 13 heavy (non-hydrogen) atoms. The van der Waals surface area contributed by atoms with E-state index >= 15 is 0 Å². The molecule has 0 atom stereocenters. The van der Waals surface area contributed by atoms with Crippen LogP contribution in [-0.2, 0) is 9.59 Å². The minimum Gasteiger partial charge on any atom is -0.370 e. The smallest absolute Gasteiger partial charge is 0.234 e. The maximum Gasteiger partial charge on any atom is 0.234 e. The molecule has 0 aromatic carbocycles. The summed E-state index contributed by atoms with van der Waals surface area (Å²) < 4.78 is 0. The number of hydrogen-bond acceptors (Lipinski definition) is 3. The fourth-order valence-corrected chi connectivity index (χ4v) is 1.36. The van der Waals surface area contributed by atoms with Gasteiger partial charge in [0.2, 0.25) is 11.8 Å². The lowest BCUT2D eigenvalue weighted by Gasteiger charge is -2.25. The number of nitrogens with one attached hydrogen (secondary N) is 1. The van der Waals surface area contributed by atoms with Gasteiger partial charge in [0.25, 0.3) is 0 Å². The predicted octanol–water partition coefficient (Wildman–Crippen LogP) is -1.32. The first-order chi connectivity index (χ1) is 6.18. The van der Waals surface area contributed by atoms with Crippen molar-refractivity contribution in [2.24, 2.45) is 5.73 Å². The average Bonchev–Trinajstić information content (AvgIpc) is 2.03. The molecule has 0 spiro atoms. The van der Waals surface area contributed by atoms with Gasteiger partial charge in [0.15, 0.2) is 0 Å². The van der Waals surface area contributed by atoms with Gasteiger partial charge in [-0.3, -0.25) is 14.5 Å². The minimum absolute atomic E-state index is 0.0605. The van der Waals surface area contributed by atoms with Gasteiger partial charge in [-0.25, -0.2) is 0 Å². The Morgan fingerprint density at radius 2 is 2.38 bits per heavy atom. The Bertz CT molecular complexity index is 206. The van der Waals surface area contributed by atoms with E-state index in [9.17, 15) is 9.59 Å². The van der Waals surface area contributed by atoms with E-state index in [2.05, 4.69) is 5.32 Å². The highest BCUT2D eigenvalue weighted by Crippen LogP contribution is 1.97. The highest BCUT2D eigenvalue weighted by molar-refractivity contribution is 5.78. The summed E-state index contributed by atoms with van der Waals surface area (Å²) in [5.74, 6) is -0.216. The molecule has 74 valence electrons. The molecule has 0 aromatic heterocycles. The Morgan fingerprint density at radius 1 is 1.62 bits per heavy atom. The zero-order valence-electron chi connectivity index (χ0n) is 7.58. The fraction of sp³-hybridized carbons (Fsp3) is 0.750. The normalized spacial score (nSPS) is 18.3. The van der Waals surface area contributed by atoms with Crippen LogP contribution in [0.15, 0.2) is 0 Å². The maximum absolute atomic E-state index is 10.9. The second-order valence-corrected chi connectivity index (χ2v) is 3.20. The number of amides is 2. The van der Waals surface area contributed by atoms with Gasteiger partial charge < -0.3 is 11.1 Å². The molecule has 2 amide bonds. The maximum atomic E-state index is 10.9. The quantitative estimate of drug-likeness (QED) is 0.570. The van der Waals surface area contributed by atoms with Crippen LogP contribution < -0.4 is 11.1 Å². The summed E-state index contributed by atoms with van der Waals surface area (Å²) in [6, 6.07) is 0. The van der Waals surface area contributed by atoms with Gasteiger partial charge in [-0.2, -0.15) is 0 Å². The van der Waals surface area contributed by atoms with Crippen LogP contribution in [0.3, 0.4) is 0 Å². The number of nitrogens with zero attached hydrogens (tertiary/aromatic N) is 1. The summed E-state index contributed by atoms with van der Waals surface area (Å²) in [6.07, 6.45) is 1.14. The Hall–Kier alpha value is -1.10. The molecule has 0 aromatic rings. The third-order valence-electron chi connectivity index (χ3n) is 2.01. The number of carbonyl (C=O) groups excluding carboxylic acids is 2. The molecule has 1 aliphatic rings. The highest BCUT2D eigenvalue weighted by Gasteiger charge is 2.14. The van der Waals surface area contributed by atoms with E-state index in [1.54, 1.807) is 0 Å². The van der Waals surface area contributed by atoms with E-state index in [1.807, 2.05) is 4.90 Å². The van der Waals surface area contributed by atoms with Crippen LogP contribution in [0.25, 0.3) is 0 Å². The van der Waals surface area contributed by atoms with Crippen LogP contribution in [0.1, 0.15) is 12.8 Å². The van der Waals surface area contributed by atoms with Gasteiger partial charge in [0.05, 0.1) is 6.54 Å². The van der Waals surface area contributed by atoms with Crippen LogP contribution >= 0.6 is 0 Å². The van der Waals surface area contributed by atoms with Crippen molar-refractivity contribution >= 4 is 11.8 Å². The summed E-state index contributed by atoms with van der Waals surface area (Å²) in [6.45, 7) is 2.79. The number of rotatable bonds is 4. The third kappa shape index (κ3) is 3.89. The monoisotopic (exact) mass is 185 g/mol. The van der Waals surface area contributed by atoms with Crippen LogP contribution in [0, 0.1) is 0 Å². The first kappa shape index (κ1) is 9.98. The van der Waals surface area contributed by atoms with Gasteiger partial charge in [-0.1, -0.05) is 0 Å². The van der Waals surface area contributed by atoms with Crippen molar-refractivity contribution in [3.63, 3.8) is 0 Å². The van der Waals surface area contributed by atoms with Gasteiger partial charge in [-0.05, 0) is 13.0 Å². The molecule has 0 radical (unpaired) electrons. The van der Waals surface area contributed by atoms with E-state index < -0.39 is 0 Å². The lowest BCUT2D eigenvalue weighted by molar-refractivity contribution is -0.124. The largest absolute Gasteiger partial charge is 0.370 e. The summed E-state index contributed by atoms with van der Waals surface area (Å²) >= 11 is 0. The van der Waals surface area contributed by atoms with Crippen molar-refractivity contribution < 1.29 is 9.59 Å². The Labute approximate surface area is 77.3 Å². The second-order valence-electron chi connectivity index (χ2n) is 3.20. The topological polar surface area (TPSA) is 75.4 Å². The molecule has 1 heterocycles. The van der Waals surface area contributed by atoms with Crippen LogP contribution in [-0.4, -0.2) is 42.9 Å². The molecular formula is C8H15N3O2. The fourth-order valence-electron chi connectivity index (χ4n) is 1.36. The molecule has 0 saturated carbocycles. The number of hydrogen-bond donors (Lipinski definition) is 2. The Morgan fingerprint density at radius 3 is 3.00 bits per heavy atom. The van der Waals surface area contributed by atoms with Crippen molar-refractivity contribution in [2.75, 3.05) is 26.2 Å². The first-order valence-electron chi connectivity index (χ1n) is 4.46. The van der Waals surface area contributed by atoms with Crippen molar-refractivity contribution in [3.8, 4) is 0 Å². The van der Waals surface area contributed by atoms with Gasteiger partial charge in [0.1, 0.15) is 0 Å². The van der Waals surface area contributed by atoms with Crippen molar-refractivity contribution in [1.82, 2.24) is 10.2 Å². The van der Waals surface area contributed by atoms with Crippen LogP contribution in [0.5, 0.6) is 0 Å². The van der Waals surface area contributed by atoms with Gasteiger partial charge in [0, 0.05) is 19.5 Å². The van der Waals surface area contributed by atoms with E-state index in [-0.39, 0.29) is 11.8 Å². The summed E-state index contributed by atoms with van der Waals surface area (Å²) in [5, 5.41) is 2.74. The summed E-state index contributed by atoms with van der Waals surface area (Å²) in [7, 11) is 0. The molecule has 0 unspecified atom stereocenters. The lowest BCUT2D eigenvalue weighted by atomic mass is 10.2. The molecular weight excluding hydrogens is 170 g/mol. The molecule has 3 N–H and O–H groups in total. The van der Waals surface area contributed by atoms with E-state index in [0.29, 0.717) is 19.5 Å². The summed E-state index contributed by atoms with van der Waals surface area (Å²) in [4.78, 5) is 23.4. The Kier molecular flexibility index (Phi) is 3.70. The Balaban J connectivity index is 2.13. The molecule has 1 aliphatic heterocycles.